The lowest BCUT2D eigenvalue weighted by atomic mass is 10.2. The fourth-order valence-electron chi connectivity index (χ4n) is 2.17. The molecular weight excluding hydrogens is 250 g/mol. The third-order valence-corrected chi connectivity index (χ3v) is 3.32. The molecule has 0 atom stereocenters. The van der Waals surface area contributed by atoms with Gasteiger partial charge < -0.3 is 14.6 Å². The monoisotopic (exact) mass is 273 g/mol. The van der Waals surface area contributed by atoms with E-state index in [-0.39, 0.29) is 0 Å². The van der Waals surface area contributed by atoms with E-state index in [1.54, 1.807) is 0 Å². The van der Waals surface area contributed by atoms with E-state index in [1.165, 1.54) is 5.56 Å². The molecule has 0 saturated carbocycles. The molecule has 108 valence electrons. The van der Waals surface area contributed by atoms with Crippen molar-refractivity contribution in [1.82, 2.24) is 10.3 Å². The molecule has 2 rings (SSSR count). The zero-order valence-corrected chi connectivity index (χ0v) is 12.5. The van der Waals surface area contributed by atoms with Crippen molar-refractivity contribution in [2.24, 2.45) is 0 Å². The molecule has 20 heavy (non-hydrogen) atoms. The van der Waals surface area contributed by atoms with Crippen LogP contribution < -0.4 is 10.2 Å². The Balaban J connectivity index is 1.84. The van der Waals surface area contributed by atoms with Gasteiger partial charge in [0.05, 0.1) is 6.54 Å². The van der Waals surface area contributed by atoms with E-state index in [1.807, 2.05) is 25.3 Å². The SMILES string of the molecule is CCN(CC)c1ccc(CNCc2ccc(C)o2)cn1. The number of nitrogens with zero attached hydrogens (tertiary/aromatic N) is 2. The minimum atomic E-state index is 0.742. The summed E-state index contributed by atoms with van der Waals surface area (Å²) >= 11 is 0. The molecule has 2 heterocycles. The summed E-state index contributed by atoms with van der Waals surface area (Å²) < 4.78 is 5.52. The Morgan fingerprint density at radius 3 is 2.45 bits per heavy atom. The van der Waals surface area contributed by atoms with Crippen LogP contribution in [-0.2, 0) is 13.1 Å². The number of hydrogen-bond donors (Lipinski definition) is 1. The summed E-state index contributed by atoms with van der Waals surface area (Å²) in [5.74, 6) is 2.96. The molecule has 0 unspecified atom stereocenters. The van der Waals surface area contributed by atoms with Gasteiger partial charge in [-0.15, -0.1) is 0 Å². The van der Waals surface area contributed by atoms with Gasteiger partial charge >= 0.3 is 0 Å². The molecule has 2 aromatic rings. The number of aryl methyl sites for hydroxylation is 1. The molecule has 1 N–H and O–H groups in total. The topological polar surface area (TPSA) is 41.3 Å². The predicted molar refractivity (Wildman–Crippen MR) is 81.8 cm³/mol. The van der Waals surface area contributed by atoms with E-state index in [9.17, 15) is 0 Å². The van der Waals surface area contributed by atoms with Gasteiger partial charge in [0.15, 0.2) is 0 Å². The predicted octanol–water partition coefficient (Wildman–Crippen LogP) is 3.12. The minimum absolute atomic E-state index is 0.742. The van der Waals surface area contributed by atoms with Gasteiger partial charge in [-0.3, -0.25) is 0 Å². The highest BCUT2D eigenvalue weighted by molar-refractivity contribution is 5.38. The summed E-state index contributed by atoms with van der Waals surface area (Å²) in [5, 5.41) is 3.36. The Hall–Kier alpha value is -1.81. The van der Waals surface area contributed by atoms with Crippen molar-refractivity contribution in [3.8, 4) is 0 Å². The summed E-state index contributed by atoms with van der Waals surface area (Å²) in [7, 11) is 0. The first-order valence-corrected chi connectivity index (χ1v) is 7.18. The zero-order chi connectivity index (χ0) is 14.4. The molecule has 0 spiro atoms. The van der Waals surface area contributed by atoms with Crippen LogP contribution in [0.5, 0.6) is 0 Å². The second-order valence-corrected chi connectivity index (χ2v) is 4.81. The van der Waals surface area contributed by atoms with Gasteiger partial charge in [0.1, 0.15) is 17.3 Å². The fraction of sp³-hybridized carbons (Fsp3) is 0.438. The van der Waals surface area contributed by atoms with E-state index >= 15 is 0 Å². The summed E-state index contributed by atoms with van der Waals surface area (Å²) in [4.78, 5) is 6.75. The number of nitrogens with one attached hydrogen (secondary N) is 1. The van der Waals surface area contributed by atoms with E-state index in [2.05, 4.69) is 41.2 Å². The molecule has 0 aliphatic heterocycles. The van der Waals surface area contributed by atoms with Crippen LogP contribution in [0.2, 0.25) is 0 Å². The molecule has 2 aromatic heterocycles. The maximum atomic E-state index is 5.52. The molecule has 0 bridgehead atoms. The summed E-state index contributed by atoms with van der Waals surface area (Å²) in [6, 6.07) is 8.20. The second kappa shape index (κ2) is 7.10. The molecule has 0 radical (unpaired) electrons. The smallest absolute Gasteiger partial charge is 0.128 e. The van der Waals surface area contributed by atoms with Gasteiger partial charge in [0.25, 0.3) is 0 Å². The minimum Gasteiger partial charge on any atom is -0.465 e. The third-order valence-electron chi connectivity index (χ3n) is 3.32. The highest BCUT2D eigenvalue weighted by Crippen LogP contribution is 2.11. The standard InChI is InChI=1S/C16H23N3O/c1-4-19(5-2)16-9-7-14(11-18-16)10-17-12-15-8-6-13(3)20-15/h6-9,11,17H,4-5,10,12H2,1-3H3. The molecule has 0 aromatic carbocycles. The van der Waals surface area contributed by atoms with Gasteiger partial charge in [-0.05, 0) is 44.5 Å². The maximum Gasteiger partial charge on any atom is 0.128 e. The van der Waals surface area contributed by atoms with Gasteiger partial charge in [-0.2, -0.15) is 0 Å². The van der Waals surface area contributed by atoms with Crippen molar-refractivity contribution in [1.29, 1.82) is 0 Å². The second-order valence-electron chi connectivity index (χ2n) is 4.81. The molecule has 0 aliphatic rings. The van der Waals surface area contributed by atoms with Crippen LogP contribution in [0, 0.1) is 6.92 Å². The van der Waals surface area contributed by atoms with Crippen molar-refractivity contribution < 1.29 is 4.42 Å². The molecule has 0 fully saturated rings. The van der Waals surface area contributed by atoms with Crippen LogP contribution in [-0.4, -0.2) is 18.1 Å². The van der Waals surface area contributed by atoms with Gasteiger partial charge in [-0.25, -0.2) is 4.98 Å². The lowest BCUT2D eigenvalue weighted by Crippen LogP contribution is -2.23. The first-order valence-electron chi connectivity index (χ1n) is 7.18. The van der Waals surface area contributed by atoms with Crippen LogP contribution in [0.4, 0.5) is 5.82 Å². The molecule has 0 amide bonds. The number of rotatable bonds is 7. The van der Waals surface area contributed by atoms with Crippen LogP contribution in [0.1, 0.15) is 30.9 Å². The van der Waals surface area contributed by atoms with Crippen LogP contribution >= 0.6 is 0 Å². The molecule has 0 aliphatic carbocycles. The Bertz CT molecular complexity index is 515. The number of pyridine rings is 1. The van der Waals surface area contributed by atoms with Crippen molar-refractivity contribution in [2.75, 3.05) is 18.0 Å². The summed E-state index contributed by atoms with van der Waals surface area (Å²) in [5.41, 5.74) is 1.18. The van der Waals surface area contributed by atoms with Crippen molar-refractivity contribution >= 4 is 5.82 Å². The Morgan fingerprint density at radius 2 is 1.90 bits per heavy atom. The molecule has 0 saturated heterocycles. The maximum absolute atomic E-state index is 5.52. The number of anilines is 1. The lowest BCUT2D eigenvalue weighted by molar-refractivity contribution is 0.461. The zero-order valence-electron chi connectivity index (χ0n) is 12.5. The summed E-state index contributed by atoms with van der Waals surface area (Å²) in [6.45, 7) is 9.76. The number of aromatic nitrogens is 1. The van der Waals surface area contributed by atoms with Gasteiger partial charge in [-0.1, -0.05) is 6.07 Å². The highest BCUT2D eigenvalue weighted by atomic mass is 16.3. The lowest BCUT2D eigenvalue weighted by Gasteiger charge is -2.19. The van der Waals surface area contributed by atoms with Crippen molar-refractivity contribution in [3.05, 3.63) is 47.5 Å². The van der Waals surface area contributed by atoms with Crippen molar-refractivity contribution in [2.45, 2.75) is 33.9 Å². The van der Waals surface area contributed by atoms with E-state index in [0.29, 0.717) is 0 Å². The third kappa shape index (κ3) is 3.84. The first kappa shape index (κ1) is 14.6. The number of hydrogen-bond acceptors (Lipinski definition) is 4. The van der Waals surface area contributed by atoms with Gasteiger partial charge in [0, 0.05) is 25.8 Å². The number of furan rings is 1. The van der Waals surface area contributed by atoms with Crippen LogP contribution in [0.25, 0.3) is 0 Å². The molecule has 4 nitrogen and oxygen atoms in total. The Kier molecular flexibility index (Phi) is 5.18. The van der Waals surface area contributed by atoms with Crippen LogP contribution in [0.15, 0.2) is 34.9 Å². The Morgan fingerprint density at radius 1 is 1.10 bits per heavy atom. The Labute approximate surface area is 120 Å². The van der Waals surface area contributed by atoms with Crippen LogP contribution in [0.3, 0.4) is 0 Å². The van der Waals surface area contributed by atoms with E-state index < -0.39 is 0 Å². The van der Waals surface area contributed by atoms with Crippen molar-refractivity contribution in [3.63, 3.8) is 0 Å². The molecular formula is C16H23N3O. The normalized spacial score (nSPS) is 10.8. The van der Waals surface area contributed by atoms with E-state index in [4.69, 9.17) is 4.42 Å². The summed E-state index contributed by atoms with van der Waals surface area (Å²) in [6.07, 6.45) is 1.94. The first-order chi connectivity index (χ1) is 9.72. The average Bonchev–Trinajstić information content (AvgIpc) is 2.87. The van der Waals surface area contributed by atoms with E-state index in [0.717, 1.165) is 43.5 Å². The van der Waals surface area contributed by atoms with Gasteiger partial charge in [0.2, 0.25) is 0 Å². The fourth-order valence-corrected chi connectivity index (χ4v) is 2.17. The highest BCUT2D eigenvalue weighted by Gasteiger charge is 2.03. The largest absolute Gasteiger partial charge is 0.465 e. The molecule has 4 heteroatoms. The average molecular weight is 273 g/mol. The quantitative estimate of drug-likeness (QED) is 0.841.